The number of nitrogens with zero attached hydrogens (tertiary/aromatic N) is 1. The summed E-state index contributed by atoms with van der Waals surface area (Å²) in [6.45, 7) is 8.14. The van der Waals surface area contributed by atoms with Gasteiger partial charge >= 0.3 is 0 Å². The van der Waals surface area contributed by atoms with Crippen LogP contribution >= 0.6 is 11.3 Å². The number of anilines is 1. The first-order valence-electron chi connectivity index (χ1n) is 7.80. The number of carbonyl (C=O) groups excluding carboxylic acids is 1. The normalized spacial score (nSPS) is 10.8. The number of aryl methyl sites for hydroxylation is 4. The van der Waals surface area contributed by atoms with E-state index in [-0.39, 0.29) is 12.5 Å². The number of hydrogen-bond acceptors (Lipinski definition) is 4. The smallest absolute Gasteiger partial charge is 0.264 e. The standard InChI is InChI=1S/C19H20N2O2S/c1-11-5-7-15(9-13(11)3)23-10-17(22)20-19-21-18-14(4)12(2)6-8-16(18)24-19/h5-9H,10H2,1-4H3,(H,20,21,22). The Morgan fingerprint density at radius 2 is 1.83 bits per heavy atom. The number of hydrogen-bond donors (Lipinski definition) is 1. The Balaban J connectivity index is 1.66. The summed E-state index contributed by atoms with van der Waals surface area (Å²) >= 11 is 1.48. The van der Waals surface area contributed by atoms with Gasteiger partial charge in [-0.15, -0.1) is 0 Å². The summed E-state index contributed by atoms with van der Waals surface area (Å²) in [4.78, 5) is 16.6. The topological polar surface area (TPSA) is 51.2 Å². The maximum absolute atomic E-state index is 12.1. The molecule has 2 aromatic carbocycles. The molecule has 0 aliphatic carbocycles. The van der Waals surface area contributed by atoms with E-state index in [4.69, 9.17) is 4.74 Å². The number of benzene rings is 2. The van der Waals surface area contributed by atoms with E-state index in [2.05, 4.69) is 23.3 Å². The zero-order valence-electron chi connectivity index (χ0n) is 14.3. The third-order valence-electron chi connectivity index (χ3n) is 4.18. The predicted octanol–water partition coefficient (Wildman–Crippen LogP) is 4.55. The SMILES string of the molecule is Cc1ccc(OCC(=O)Nc2nc3c(C)c(C)ccc3s2)cc1C. The van der Waals surface area contributed by atoms with Gasteiger partial charge in [-0.25, -0.2) is 4.98 Å². The van der Waals surface area contributed by atoms with Crippen molar-refractivity contribution in [3.05, 3.63) is 52.6 Å². The molecule has 0 aliphatic rings. The van der Waals surface area contributed by atoms with Crippen LogP contribution in [0.3, 0.4) is 0 Å². The monoisotopic (exact) mass is 340 g/mol. The van der Waals surface area contributed by atoms with Crippen LogP contribution in [0, 0.1) is 27.7 Å². The van der Waals surface area contributed by atoms with E-state index in [0.717, 1.165) is 21.3 Å². The van der Waals surface area contributed by atoms with E-state index in [1.54, 1.807) is 0 Å². The third kappa shape index (κ3) is 3.41. The first-order chi connectivity index (χ1) is 11.4. The predicted molar refractivity (Wildman–Crippen MR) is 99.1 cm³/mol. The van der Waals surface area contributed by atoms with Crippen LogP contribution in [0.1, 0.15) is 22.3 Å². The second kappa shape index (κ2) is 6.61. The molecule has 1 N–H and O–H groups in total. The molecule has 0 fully saturated rings. The Morgan fingerprint density at radius 3 is 2.58 bits per heavy atom. The second-order valence-electron chi connectivity index (χ2n) is 5.96. The molecule has 5 heteroatoms. The second-order valence-corrected chi connectivity index (χ2v) is 6.99. The minimum atomic E-state index is -0.207. The zero-order valence-corrected chi connectivity index (χ0v) is 15.1. The van der Waals surface area contributed by atoms with Gasteiger partial charge in [0.15, 0.2) is 11.7 Å². The molecule has 0 aliphatic heterocycles. The summed E-state index contributed by atoms with van der Waals surface area (Å²) in [6, 6.07) is 9.91. The van der Waals surface area contributed by atoms with E-state index in [9.17, 15) is 4.79 Å². The van der Waals surface area contributed by atoms with E-state index >= 15 is 0 Å². The van der Waals surface area contributed by atoms with E-state index in [1.165, 1.54) is 22.5 Å². The van der Waals surface area contributed by atoms with Crippen molar-refractivity contribution >= 4 is 32.6 Å². The first-order valence-corrected chi connectivity index (χ1v) is 8.62. The highest BCUT2D eigenvalue weighted by molar-refractivity contribution is 7.22. The van der Waals surface area contributed by atoms with Crippen molar-refractivity contribution in [2.24, 2.45) is 0 Å². The van der Waals surface area contributed by atoms with Gasteiger partial charge in [0.1, 0.15) is 5.75 Å². The average Bonchev–Trinajstić information content (AvgIpc) is 2.95. The van der Waals surface area contributed by atoms with Crippen molar-refractivity contribution in [3.63, 3.8) is 0 Å². The van der Waals surface area contributed by atoms with Gasteiger partial charge in [0.05, 0.1) is 10.2 Å². The molecule has 124 valence electrons. The molecule has 1 amide bonds. The fourth-order valence-electron chi connectivity index (χ4n) is 2.39. The molecule has 0 bridgehead atoms. The number of aromatic nitrogens is 1. The number of rotatable bonds is 4. The van der Waals surface area contributed by atoms with Gasteiger partial charge in [-0.2, -0.15) is 0 Å². The van der Waals surface area contributed by atoms with Crippen LogP contribution in [0.15, 0.2) is 30.3 Å². The fraction of sp³-hybridized carbons (Fsp3) is 0.263. The highest BCUT2D eigenvalue weighted by Crippen LogP contribution is 2.29. The lowest BCUT2D eigenvalue weighted by Gasteiger charge is -2.07. The summed E-state index contributed by atoms with van der Waals surface area (Å²) < 4.78 is 6.63. The number of ether oxygens (including phenoxy) is 1. The van der Waals surface area contributed by atoms with Gasteiger partial charge < -0.3 is 4.74 Å². The molecular formula is C19H20N2O2S. The van der Waals surface area contributed by atoms with Crippen molar-refractivity contribution in [2.45, 2.75) is 27.7 Å². The lowest BCUT2D eigenvalue weighted by Crippen LogP contribution is -2.20. The summed E-state index contributed by atoms with van der Waals surface area (Å²) in [5.74, 6) is 0.491. The third-order valence-corrected chi connectivity index (χ3v) is 5.12. The highest BCUT2D eigenvalue weighted by atomic mass is 32.1. The minimum absolute atomic E-state index is 0.0313. The molecule has 1 aromatic heterocycles. The van der Waals surface area contributed by atoms with Crippen LogP contribution < -0.4 is 10.1 Å². The first kappa shape index (κ1) is 16.5. The number of amides is 1. The molecule has 0 saturated carbocycles. The maximum atomic E-state index is 12.1. The molecule has 0 saturated heterocycles. The maximum Gasteiger partial charge on any atom is 0.264 e. The summed E-state index contributed by atoms with van der Waals surface area (Å²) in [6.07, 6.45) is 0. The van der Waals surface area contributed by atoms with Crippen LogP contribution in [0.25, 0.3) is 10.2 Å². The van der Waals surface area contributed by atoms with Crippen LogP contribution in [0.4, 0.5) is 5.13 Å². The molecule has 1 heterocycles. The quantitative estimate of drug-likeness (QED) is 0.758. The van der Waals surface area contributed by atoms with E-state index < -0.39 is 0 Å². The largest absolute Gasteiger partial charge is 0.484 e. The van der Waals surface area contributed by atoms with Crippen molar-refractivity contribution in [2.75, 3.05) is 11.9 Å². The Labute approximate surface area is 145 Å². The zero-order chi connectivity index (χ0) is 17.3. The molecule has 3 aromatic rings. The molecule has 0 atom stereocenters. The summed E-state index contributed by atoms with van der Waals surface area (Å²) in [5, 5.41) is 3.42. The van der Waals surface area contributed by atoms with Crippen molar-refractivity contribution in [3.8, 4) is 5.75 Å². The van der Waals surface area contributed by atoms with Crippen LogP contribution in [-0.2, 0) is 4.79 Å². The summed E-state index contributed by atoms with van der Waals surface area (Å²) in [7, 11) is 0. The van der Waals surface area contributed by atoms with Gasteiger partial charge in [-0.3, -0.25) is 10.1 Å². The number of thiazole rings is 1. The Kier molecular flexibility index (Phi) is 4.53. The molecular weight excluding hydrogens is 320 g/mol. The molecule has 3 rings (SSSR count). The van der Waals surface area contributed by atoms with Crippen molar-refractivity contribution < 1.29 is 9.53 Å². The van der Waals surface area contributed by atoms with Gasteiger partial charge in [-0.05, 0) is 68.1 Å². The average molecular weight is 340 g/mol. The fourth-order valence-corrected chi connectivity index (χ4v) is 3.33. The highest BCUT2D eigenvalue weighted by Gasteiger charge is 2.11. The Morgan fingerprint density at radius 1 is 1.08 bits per heavy atom. The van der Waals surface area contributed by atoms with Gasteiger partial charge in [0.2, 0.25) is 0 Å². The van der Waals surface area contributed by atoms with E-state index in [0.29, 0.717) is 10.9 Å². The Hall–Kier alpha value is -2.40. The molecule has 24 heavy (non-hydrogen) atoms. The summed E-state index contributed by atoms with van der Waals surface area (Å²) in [5.41, 5.74) is 5.64. The van der Waals surface area contributed by atoms with Crippen LogP contribution in [-0.4, -0.2) is 17.5 Å². The lowest BCUT2D eigenvalue weighted by atomic mass is 10.1. The Bertz CT molecular complexity index is 915. The molecule has 0 unspecified atom stereocenters. The van der Waals surface area contributed by atoms with Gasteiger partial charge in [-0.1, -0.05) is 23.5 Å². The van der Waals surface area contributed by atoms with Crippen LogP contribution in [0.2, 0.25) is 0 Å². The lowest BCUT2D eigenvalue weighted by molar-refractivity contribution is -0.118. The van der Waals surface area contributed by atoms with Gasteiger partial charge in [0.25, 0.3) is 5.91 Å². The van der Waals surface area contributed by atoms with E-state index in [1.807, 2.05) is 45.0 Å². The minimum Gasteiger partial charge on any atom is -0.484 e. The number of fused-ring (bicyclic) bond motifs is 1. The van der Waals surface area contributed by atoms with Gasteiger partial charge in [0, 0.05) is 0 Å². The molecule has 4 nitrogen and oxygen atoms in total. The number of carbonyl (C=O) groups is 1. The van der Waals surface area contributed by atoms with Crippen molar-refractivity contribution in [1.82, 2.24) is 4.98 Å². The molecule has 0 radical (unpaired) electrons. The molecule has 0 spiro atoms. The number of nitrogens with one attached hydrogen (secondary N) is 1. The van der Waals surface area contributed by atoms with Crippen molar-refractivity contribution in [1.29, 1.82) is 0 Å². The van der Waals surface area contributed by atoms with Crippen LogP contribution in [0.5, 0.6) is 5.75 Å².